The van der Waals surface area contributed by atoms with Crippen molar-refractivity contribution >= 4 is 5.97 Å². The molecule has 0 heterocycles. The van der Waals surface area contributed by atoms with Crippen molar-refractivity contribution in [3.8, 4) is 0 Å². The standard InChI is InChI=1S/C8H9NO4/c1-5-2-3-7(9(12)13)6(4-5)8(10)11/h3-5H,2H2,1H3,(H,10,11)/t5-/m1/s1. The number of aliphatic carboxylic acids is 1. The average Bonchev–Trinajstić information content (AvgIpc) is 2.03. The molecule has 0 spiro atoms. The molecule has 70 valence electrons. The van der Waals surface area contributed by atoms with E-state index in [1.807, 2.05) is 6.92 Å². The first-order valence-electron chi connectivity index (χ1n) is 3.82. The molecule has 0 aromatic carbocycles. The Kier molecular flexibility index (Phi) is 2.46. The molecule has 0 amide bonds. The summed E-state index contributed by atoms with van der Waals surface area (Å²) in [6, 6.07) is 0. The number of rotatable bonds is 2. The van der Waals surface area contributed by atoms with Crippen molar-refractivity contribution in [2.45, 2.75) is 13.3 Å². The normalized spacial score (nSPS) is 21.8. The molecule has 0 radical (unpaired) electrons. The zero-order chi connectivity index (χ0) is 10.0. The number of hydrogen-bond donors (Lipinski definition) is 1. The molecule has 13 heavy (non-hydrogen) atoms. The molecule has 1 aliphatic carbocycles. The van der Waals surface area contributed by atoms with Gasteiger partial charge in [0.2, 0.25) is 0 Å². The van der Waals surface area contributed by atoms with E-state index in [-0.39, 0.29) is 17.2 Å². The molecule has 5 nitrogen and oxygen atoms in total. The fraction of sp³-hybridized carbons (Fsp3) is 0.375. The molecule has 5 heteroatoms. The van der Waals surface area contributed by atoms with Crippen LogP contribution in [0.5, 0.6) is 0 Å². The van der Waals surface area contributed by atoms with Crippen LogP contribution in [-0.4, -0.2) is 16.0 Å². The maximum atomic E-state index is 10.6. The lowest BCUT2D eigenvalue weighted by molar-refractivity contribution is -0.421. The highest BCUT2D eigenvalue weighted by atomic mass is 16.6. The predicted molar refractivity (Wildman–Crippen MR) is 44.6 cm³/mol. The molecule has 0 bridgehead atoms. The Morgan fingerprint density at radius 2 is 2.38 bits per heavy atom. The fourth-order valence-electron chi connectivity index (χ4n) is 1.20. The highest BCUT2D eigenvalue weighted by Gasteiger charge is 2.27. The van der Waals surface area contributed by atoms with Crippen molar-refractivity contribution in [2.24, 2.45) is 5.92 Å². The number of allylic oxidation sites excluding steroid dienone is 2. The third-order valence-corrected chi connectivity index (χ3v) is 1.84. The summed E-state index contributed by atoms with van der Waals surface area (Å²) in [4.78, 5) is 20.3. The minimum atomic E-state index is -1.24. The summed E-state index contributed by atoms with van der Waals surface area (Å²) in [7, 11) is 0. The third-order valence-electron chi connectivity index (χ3n) is 1.84. The van der Waals surface area contributed by atoms with Gasteiger partial charge in [0.05, 0.1) is 4.92 Å². The van der Waals surface area contributed by atoms with Crippen LogP contribution in [0.4, 0.5) is 0 Å². The maximum absolute atomic E-state index is 10.6. The van der Waals surface area contributed by atoms with E-state index in [4.69, 9.17) is 5.11 Å². The van der Waals surface area contributed by atoms with Crippen molar-refractivity contribution in [1.82, 2.24) is 0 Å². The van der Waals surface area contributed by atoms with E-state index in [0.717, 1.165) is 0 Å². The summed E-state index contributed by atoms with van der Waals surface area (Å²) < 4.78 is 0. The number of nitro groups is 1. The first-order valence-corrected chi connectivity index (χ1v) is 3.82. The van der Waals surface area contributed by atoms with Crippen molar-refractivity contribution in [1.29, 1.82) is 0 Å². The van der Waals surface area contributed by atoms with Gasteiger partial charge in [0, 0.05) is 0 Å². The van der Waals surface area contributed by atoms with Crippen molar-refractivity contribution in [2.75, 3.05) is 0 Å². The van der Waals surface area contributed by atoms with Crippen LogP contribution < -0.4 is 0 Å². The van der Waals surface area contributed by atoms with Crippen molar-refractivity contribution < 1.29 is 14.8 Å². The molecule has 1 N–H and O–H groups in total. The van der Waals surface area contributed by atoms with Crippen molar-refractivity contribution in [3.63, 3.8) is 0 Å². The first kappa shape index (κ1) is 9.44. The minimum Gasteiger partial charge on any atom is -0.477 e. The molecule has 1 aliphatic rings. The Morgan fingerprint density at radius 1 is 1.77 bits per heavy atom. The van der Waals surface area contributed by atoms with E-state index in [2.05, 4.69) is 0 Å². The lowest BCUT2D eigenvalue weighted by Gasteiger charge is -2.10. The van der Waals surface area contributed by atoms with Gasteiger partial charge in [0.25, 0.3) is 5.70 Å². The molecular weight excluding hydrogens is 174 g/mol. The van der Waals surface area contributed by atoms with E-state index in [0.29, 0.717) is 6.42 Å². The molecule has 0 saturated heterocycles. The Hall–Kier alpha value is -1.65. The summed E-state index contributed by atoms with van der Waals surface area (Å²) in [6.45, 7) is 1.82. The minimum absolute atomic E-state index is 0.0507. The van der Waals surface area contributed by atoms with Gasteiger partial charge in [-0.1, -0.05) is 13.0 Å². The molecule has 0 aliphatic heterocycles. The van der Waals surface area contributed by atoms with Crippen LogP contribution in [-0.2, 0) is 4.79 Å². The summed E-state index contributed by atoms with van der Waals surface area (Å²) in [5.74, 6) is -1.19. The second-order valence-corrected chi connectivity index (χ2v) is 2.94. The SMILES string of the molecule is C[C@H]1C=C(C(=O)O)C([N+](=O)[O-])=CC1. The summed E-state index contributed by atoms with van der Waals surface area (Å²) in [5, 5.41) is 19.1. The van der Waals surface area contributed by atoms with Gasteiger partial charge in [0.1, 0.15) is 5.57 Å². The lowest BCUT2D eigenvalue weighted by atomic mass is 9.96. The number of carboxylic acid groups (broad SMARTS) is 1. The first-order chi connectivity index (χ1) is 6.02. The number of hydrogen-bond acceptors (Lipinski definition) is 3. The van der Waals surface area contributed by atoms with E-state index in [1.165, 1.54) is 12.2 Å². The van der Waals surface area contributed by atoms with Crippen molar-refractivity contribution in [3.05, 3.63) is 33.5 Å². The molecular formula is C8H9NO4. The van der Waals surface area contributed by atoms with Crippen LogP contribution >= 0.6 is 0 Å². The highest BCUT2D eigenvalue weighted by Crippen LogP contribution is 2.22. The second-order valence-electron chi connectivity index (χ2n) is 2.94. The number of carboxylic acids is 1. The van der Waals surface area contributed by atoms with E-state index in [1.54, 1.807) is 0 Å². The predicted octanol–water partition coefficient (Wildman–Crippen LogP) is 1.20. The van der Waals surface area contributed by atoms with Crippen LogP contribution in [0.2, 0.25) is 0 Å². The molecule has 0 aromatic rings. The Balaban J connectivity index is 3.04. The van der Waals surface area contributed by atoms with E-state index < -0.39 is 10.9 Å². The van der Waals surface area contributed by atoms with Gasteiger partial charge in [-0.2, -0.15) is 0 Å². The Morgan fingerprint density at radius 3 is 2.85 bits per heavy atom. The maximum Gasteiger partial charge on any atom is 0.342 e. The quantitative estimate of drug-likeness (QED) is 0.515. The van der Waals surface area contributed by atoms with Crippen LogP contribution in [0, 0.1) is 16.0 Å². The van der Waals surface area contributed by atoms with Gasteiger partial charge < -0.3 is 5.11 Å². The van der Waals surface area contributed by atoms with Crippen LogP contribution in [0.25, 0.3) is 0 Å². The highest BCUT2D eigenvalue weighted by molar-refractivity contribution is 5.91. The Labute approximate surface area is 74.5 Å². The molecule has 0 aromatic heterocycles. The summed E-state index contributed by atoms with van der Waals surface area (Å²) in [5.41, 5.74) is -0.505. The summed E-state index contributed by atoms with van der Waals surface area (Å²) >= 11 is 0. The summed E-state index contributed by atoms with van der Waals surface area (Å²) in [6.07, 6.45) is 3.29. The zero-order valence-corrected chi connectivity index (χ0v) is 7.06. The average molecular weight is 183 g/mol. The largest absolute Gasteiger partial charge is 0.477 e. The van der Waals surface area contributed by atoms with Gasteiger partial charge in [-0.25, -0.2) is 4.79 Å². The molecule has 1 rings (SSSR count). The van der Waals surface area contributed by atoms with Gasteiger partial charge >= 0.3 is 5.97 Å². The second kappa shape index (κ2) is 3.38. The zero-order valence-electron chi connectivity index (χ0n) is 7.06. The van der Waals surface area contributed by atoms with Crippen LogP contribution in [0.15, 0.2) is 23.4 Å². The Bertz CT molecular complexity index is 316. The molecule has 0 fully saturated rings. The number of nitrogens with zero attached hydrogens (tertiary/aromatic N) is 1. The van der Waals surface area contributed by atoms with E-state index in [9.17, 15) is 14.9 Å². The topological polar surface area (TPSA) is 80.4 Å². The fourth-order valence-corrected chi connectivity index (χ4v) is 1.20. The van der Waals surface area contributed by atoms with Crippen LogP contribution in [0.3, 0.4) is 0 Å². The van der Waals surface area contributed by atoms with Gasteiger partial charge in [-0.05, 0) is 18.4 Å². The lowest BCUT2D eigenvalue weighted by Crippen LogP contribution is -2.15. The third kappa shape index (κ3) is 1.93. The van der Waals surface area contributed by atoms with Gasteiger partial charge in [0.15, 0.2) is 0 Å². The van der Waals surface area contributed by atoms with Gasteiger partial charge in [-0.3, -0.25) is 10.1 Å². The smallest absolute Gasteiger partial charge is 0.342 e. The van der Waals surface area contributed by atoms with Gasteiger partial charge in [-0.15, -0.1) is 0 Å². The number of carbonyl (C=O) groups is 1. The van der Waals surface area contributed by atoms with Crippen LogP contribution in [0.1, 0.15) is 13.3 Å². The molecule has 1 atom stereocenters. The monoisotopic (exact) mass is 183 g/mol. The molecule has 0 unspecified atom stereocenters. The molecule has 0 saturated carbocycles. The van der Waals surface area contributed by atoms with E-state index >= 15 is 0 Å².